The molecule has 0 bridgehead atoms. The minimum Gasteiger partial charge on any atom is -0.480 e. The number of benzene rings is 2. The maximum atomic E-state index is 12.5. The first-order valence-electron chi connectivity index (χ1n) is 10.2. The first-order chi connectivity index (χ1) is 15.6. The van der Waals surface area contributed by atoms with Crippen molar-refractivity contribution in [2.75, 3.05) is 6.61 Å². The van der Waals surface area contributed by atoms with Gasteiger partial charge in [-0.15, -0.1) is 0 Å². The molecule has 2 aromatic carbocycles. The minimum absolute atomic E-state index is 0.0770. The molecule has 1 aliphatic rings. The number of carboxylic acids is 1. The highest BCUT2D eigenvalue weighted by atomic mass is 16.5. The molecule has 8 nitrogen and oxygen atoms in total. The Morgan fingerprint density at radius 1 is 1.06 bits per heavy atom. The van der Waals surface area contributed by atoms with Gasteiger partial charge in [0.1, 0.15) is 12.6 Å². The Morgan fingerprint density at radius 3 is 2.44 bits per heavy atom. The van der Waals surface area contributed by atoms with E-state index in [2.05, 4.69) is 32.6 Å². The number of aliphatic carboxylic acids is 1. The summed E-state index contributed by atoms with van der Waals surface area (Å²) in [6.07, 6.45) is 2.49. The van der Waals surface area contributed by atoms with Gasteiger partial charge in [0, 0.05) is 23.9 Å². The van der Waals surface area contributed by atoms with Gasteiger partial charge in [0.15, 0.2) is 5.65 Å². The summed E-state index contributed by atoms with van der Waals surface area (Å²) in [6.45, 7) is 0.120. The molecule has 2 aromatic heterocycles. The number of rotatable bonds is 6. The number of carboxylic acid groups (broad SMARTS) is 1. The molecule has 0 fully saturated rings. The third kappa shape index (κ3) is 3.66. The van der Waals surface area contributed by atoms with Crippen LogP contribution >= 0.6 is 0 Å². The SMILES string of the molecule is O=C(N[C@@H](Cc1cnc2[nH]ncc2c1)C(=O)O)OCC1c2ccccc2-c2ccccc21. The van der Waals surface area contributed by atoms with Crippen molar-refractivity contribution >= 4 is 23.1 Å². The molecular formula is C24H20N4O4. The molecule has 0 saturated heterocycles. The molecule has 4 aromatic rings. The molecule has 8 heteroatoms. The molecule has 5 rings (SSSR count). The summed E-state index contributed by atoms with van der Waals surface area (Å²) >= 11 is 0. The van der Waals surface area contributed by atoms with Crippen LogP contribution in [0.3, 0.4) is 0 Å². The van der Waals surface area contributed by atoms with Crippen LogP contribution < -0.4 is 5.32 Å². The smallest absolute Gasteiger partial charge is 0.407 e. The maximum absolute atomic E-state index is 12.5. The molecule has 32 heavy (non-hydrogen) atoms. The largest absolute Gasteiger partial charge is 0.480 e. The second-order valence-electron chi connectivity index (χ2n) is 7.72. The van der Waals surface area contributed by atoms with E-state index in [1.165, 1.54) is 0 Å². The fourth-order valence-corrected chi connectivity index (χ4v) is 4.21. The lowest BCUT2D eigenvalue weighted by atomic mass is 9.98. The minimum atomic E-state index is -1.15. The number of nitrogens with zero attached hydrogens (tertiary/aromatic N) is 2. The van der Waals surface area contributed by atoms with Crippen molar-refractivity contribution in [2.45, 2.75) is 18.4 Å². The van der Waals surface area contributed by atoms with Crippen molar-refractivity contribution in [3.63, 3.8) is 0 Å². The Hall–Kier alpha value is -4.20. The number of hydrogen-bond donors (Lipinski definition) is 3. The van der Waals surface area contributed by atoms with Crippen molar-refractivity contribution in [3.8, 4) is 11.1 Å². The van der Waals surface area contributed by atoms with Gasteiger partial charge in [0.25, 0.3) is 0 Å². The van der Waals surface area contributed by atoms with Gasteiger partial charge in [-0.05, 0) is 33.9 Å². The third-order valence-electron chi connectivity index (χ3n) is 5.72. The molecule has 2 heterocycles. The number of aromatic amines is 1. The highest BCUT2D eigenvalue weighted by molar-refractivity contribution is 5.81. The summed E-state index contributed by atoms with van der Waals surface area (Å²) in [5.74, 6) is -1.24. The summed E-state index contributed by atoms with van der Waals surface area (Å²) in [7, 11) is 0. The molecule has 0 radical (unpaired) electrons. The molecule has 160 valence electrons. The number of amides is 1. The lowest BCUT2D eigenvalue weighted by molar-refractivity contribution is -0.139. The average Bonchev–Trinajstić information content (AvgIpc) is 3.39. The van der Waals surface area contributed by atoms with E-state index < -0.39 is 18.1 Å². The molecule has 3 N–H and O–H groups in total. The Balaban J connectivity index is 1.27. The van der Waals surface area contributed by atoms with Crippen molar-refractivity contribution in [2.24, 2.45) is 0 Å². The molecule has 1 amide bonds. The van der Waals surface area contributed by atoms with Crippen molar-refractivity contribution in [3.05, 3.63) is 83.7 Å². The number of hydrogen-bond acceptors (Lipinski definition) is 5. The van der Waals surface area contributed by atoms with Crippen LogP contribution in [0.1, 0.15) is 22.6 Å². The third-order valence-corrected chi connectivity index (χ3v) is 5.72. The van der Waals surface area contributed by atoms with Gasteiger partial charge in [-0.3, -0.25) is 5.10 Å². The Labute approximate surface area is 183 Å². The normalized spacial score (nSPS) is 13.4. The van der Waals surface area contributed by atoms with E-state index in [1.54, 1.807) is 18.5 Å². The summed E-state index contributed by atoms with van der Waals surface area (Å²) in [5, 5.41) is 19.5. The quantitative estimate of drug-likeness (QED) is 0.433. The van der Waals surface area contributed by atoms with E-state index in [4.69, 9.17) is 4.74 Å². The molecule has 0 aliphatic heterocycles. The highest BCUT2D eigenvalue weighted by Gasteiger charge is 2.29. The van der Waals surface area contributed by atoms with Gasteiger partial charge in [0.05, 0.1) is 6.20 Å². The zero-order valence-electron chi connectivity index (χ0n) is 17.0. The van der Waals surface area contributed by atoms with Crippen molar-refractivity contribution < 1.29 is 19.4 Å². The van der Waals surface area contributed by atoms with Crippen LogP contribution in [0.5, 0.6) is 0 Å². The number of ether oxygens (including phenoxy) is 1. The molecule has 1 aliphatic carbocycles. The first-order valence-corrected chi connectivity index (χ1v) is 10.2. The molecule has 0 spiro atoms. The van der Waals surface area contributed by atoms with Gasteiger partial charge in [0.2, 0.25) is 0 Å². The number of nitrogens with one attached hydrogen (secondary N) is 2. The van der Waals surface area contributed by atoms with Crippen molar-refractivity contribution in [1.82, 2.24) is 20.5 Å². The predicted molar refractivity (Wildman–Crippen MR) is 117 cm³/mol. The van der Waals surface area contributed by atoms with E-state index in [9.17, 15) is 14.7 Å². The van der Waals surface area contributed by atoms with Crippen LogP contribution in [0.4, 0.5) is 4.79 Å². The molecule has 0 unspecified atom stereocenters. The molecular weight excluding hydrogens is 408 g/mol. The van der Waals surface area contributed by atoms with Crippen molar-refractivity contribution in [1.29, 1.82) is 0 Å². The fourth-order valence-electron chi connectivity index (χ4n) is 4.21. The Kier molecular flexibility index (Phi) is 5.03. The number of alkyl carbamates (subject to hydrolysis) is 1. The van der Waals surface area contributed by atoms with Gasteiger partial charge < -0.3 is 15.2 Å². The Bertz CT molecular complexity index is 1270. The molecule has 1 atom stereocenters. The fraction of sp³-hybridized carbons (Fsp3) is 0.167. The van der Waals surface area contributed by atoms with Crippen LogP contribution in [0, 0.1) is 0 Å². The van der Waals surface area contributed by atoms with E-state index in [-0.39, 0.29) is 18.9 Å². The number of carbonyl (C=O) groups is 2. The van der Waals surface area contributed by atoms with Gasteiger partial charge in [-0.2, -0.15) is 5.10 Å². The zero-order chi connectivity index (χ0) is 22.1. The standard InChI is InChI=1S/C24H20N4O4/c29-23(30)21(10-14-9-15-12-26-28-22(15)25-11-14)27-24(31)32-13-20-18-7-3-1-5-16(18)17-6-2-4-8-19(17)20/h1-9,11-12,20-21H,10,13H2,(H,27,31)(H,29,30)(H,25,26,28)/t21-/m0/s1. The van der Waals surface area contributed by atoms with Gasteiger partial charge in [-0.1, -0.05) is 48.5 Å². The van der Waals surface area contributed by atoms with E-state index >= 15 is 0 Å². The van der Waals surface area contributed by atoms with E-state index in [0.29, 0.717) is 11.2 Å². The van der Waals surface area contributed by atoms with E-state index in [1.807, 2.05) is 36.4 Å². The second kappa shape index (κ2) is 8.14. The van der Waals surface area contributed by atoms with Crippen LogP contribution in [-0.2, 0) is 16.0 Å². The number of aromatic nitrogens is 3. The lowest BCUT2D eigenvalue weighted by Gasteiger charge is -2.17. The van der Waals surface area contributed by atoms with Crippen LogP contribution in [0.25, 0.3) is 22.2 Å². The summed E-state index contributed by atoms with van der Waals surface area (Å²) in [6, 6.07) is 16.7. The number of pyridine rings is 1. The first kappa shape index (κ1) is 19.7. The van der Waals surface area contributed by atoms with Crippen LogP contribution in [-0.4, -0.2) is 45.0 Å². The highest BCUT2D eigenvalue weighted by Crippen LogP contribution is 2.44. The lowest BCUT2D eigenvalue weighted by Crippen LogP contribution is -2.42. The summed E-state index contributed by atoms with van der Waals surface area (Å²) in [5.41, 5.74) is 5.73. The predicted octanol–water partition coefficient (Wildman–Crippen LogP) is 3.49. The summed E-state index contributed by atoms with van der Waals surface area (Å²) in [4.78, 5) is 28.4. The average molecular weight is 428 g/mol. The van der Waals surface area contributed by atoms with Gasteiger partial charge >= 0.3 is 12.1 Å². The second-order valence-corrected chi connectivity index (χ2v) is 7.72. The number of H-pyrrole nitrogens is 1. The van der Waals surface area contributed by atoms with Gasteiger partial charge in [-0.25, -0.2) is 14.6 Å². The maximum Gasteiger partial charge on any atom is 0.407 e. The Morgan fingerprint density at radius 2 is 1.75 bits per heavy atom. The number of carbonyl (C=O) groups excluding carboxylic acids is 1. The van der Waals surface area contributed by atoms with Crippen LogP contribution in [0.2, 0.25) is 0 Å². The molecule has 0 saturated carbocycles. The number of fused-ring (bicyclic) bond motifs is 4. The van der Waals surface area contributed by atoms with E-state index in [0.717, 1.165) is 27.6 Å². The zero-order valence-corrected chi connectivity index (χ0v) is 17.0. The summed E-state index contributed by atoms with van der Waals surface area (Å²) < 4.78 is 5.47. The van der Waals surface area contributed by atoms with Crippen LogP contribution in [0.15, 0.2) is 67.0 Å². The topological polar surface area (TPSA) is 117 Å². The monoisotopic (exact) mass is 428 g/mol.